The summed E-state index contributed by atoms with van der Waals surface area (Å²) in [7, 11) is 0. The van der Waals surface area contributed by atoms with Crippen molar-refractivity contribution >= 4 is 131 Å². The van der Waals surface area contributed by atoms with Gasteiger partial charge in [-0.25, -0.2) is 15.0 Å². The number of hydrogen-bond acceptors (Lipinski definition) is 11. The lowest BCUT2D eigenvalue weighted by Gasteiger charge is -2.12. The van der Waals surface area contributed by atoms with Crippen molar-refractivity contribution < 1.29 is 8.83 Å². The second-order valence-corrected chi connectivity index (χ2v) is 29.5. The molecule has 0 fully saturated rings. The molecule has 0 radical (unpaired) electrons. The molecule has 0 spiro atoms. The van der Waals surface area contributed by atoms with Crippen molar-refractivity contribution in [2.75, 3.05) is 0 Å². The van der Waals surface area contributed by atoms with Gasteiger partial charge in [0.25, 0.3) is 0 Å². The fourth-order valence-corrected chi connectivity index (χ4v) is 17.8. The van der Waals surface area contributed by atoms with E-state index in [-0.39, 0.29) is 0 Å². The Bertz CT molecular complexity index is 8000. The Morgan fingerprint density at radius 3 is 1.15 bits per heavy atom. The molecule has 0 atom stereocenters. The lowest BCUT2D eigenvalue weighted by Crippen LogP contribution is -2.03. The van der Waals surface area contributed by atoms with E-state index in [1.54, 1.807) is 0 Å². The summed E-state index contributed by atoms with van der Waals surface area (Å²) in [6.45, 7) is 0. The van der Waals surface area contributed by atoms with Gasteiger partial charge in [0.2, 0.25) is 17.6 Å². The Hall–Kier alpha value is -16.0. The fourth-order valence-electron chi connectivity index (χ4n) is 17.8. The normalized spacial score (nSPS) is 12.0. The van der Waals surface area contributed by atoms with Crippen LogP contribution >= 0.6 is 0 Å². The molecule has 0 aliphatic rings. The number of pyridine rings is 5. The van der Waals surface area contributed by atoms with Crippen LogP contribution in [-0.4, -0.2) is 54.0 Å². The molecule has 0 aliphatic heterocycles. The highest BCUT2D eigenvalue weighted by Gasteiger charge is 2.29. The van der Waals surface area contributed by atoms with Crippen LogP contribution in [0.5, 0.6) is 0 Å². The predicted octanol–water partition coefficient (Wildman–Crippen LogP) is 25.9. The zero-order valence-corrected chi connectivity index (χ0v) is 61.8. The number of furan rings is 2. The average Bonchev–Trinajstić information content (AvgIpc) is 1.56. The summed E-state index contributed by atoms with van der Waals surface area (Å²) >= 11 is 0. The molecule has 13 aromatic carbocycles. The zero-order valence-electron chi connectivity index (χ0n) is 61.8. The Kier molecular flexibility index (Phi) is 14.4. The van der Waals surface area contributed by atoms with Crippen molar-refractivity contribution in [2.24, 2.45) is 0 Å². The molecule has 116 heavy (non-hydrogen) atoms. The Morgan fingerprint density at radius 1 is 0.233 bits per heavy atom. The number of nitrogens with zero attached hydrogens (tertiary/aromatic N) is 11. The first-order valence-electron chi connectivity index (χ1n) is 38.7. The van der Waals surface area contributed by atoms with Gasteiger partial charge in [-0.15, -0.1) is 0 Å². The number of hydrogen-bond donors (Lipinski definition) is 0. The molecular formula is C103H59N11O2. The highest BCUT2D eigenvalue weighted by Crippen LogP contribution is 2.48. The van der Waals surface area contributed by atoms with Gasteiger partial charge in [-0.2, -0.15) is 4.98 Å². The van der Waals surface area contributed by atoms with Crippen molar-refractivity contribution in [1.29, 1.82) is 0 Å². The maximum Gasteiger partial charge on any atom is 0.238 e. The first-order valence-corrected chi connectivity index (χ1v) is 38.7. The standard InChI is InChI=1S/C103H59N11O2/c1-5-22-72-63(16-1)37-41-86-92(72)93-73-23-6-2-17-64(73)38-42-87(93)113(86)102-110-98(68-35-29-60(30-36-68)62-45-51-104-52-46-62)100-99(111-102)81-57-77(79(59-91(81)115-100)84-28-11-14-50-107-84)85-55-71(47-53-108-85)70-21-15-20-69(54-70)61-31-33-67(34-32-61)97-96-80-56-76(82-26-9-12-48-105-82)78(83-27-10-13-49-106-83)58-90(80)116-101(96)112-103(109-97)114-88-43-39-65-18-3-7-24-74(65)94(88)95-75-25-8-4-19-66(75)40-44-89(95)114/h1-59H. The second kappa shape index (κ2) is 25.8. The zero-order chi connectivity index (χ0) is 76.1. The van der Waals surface area contributed by atoms with E-state index in [1.807, 2.05) is 104 Å². The summed E-state index contributed by atoms with van der Waals surface area (Å²) in [5.41, 5.74) is 22.9. The van der Waals surface area contributed by atoms with E-state index >= 15 is 0 Å². The molecule has 24 aromatic rings. The fraction of sp³-hybridized carbons (Fsp3) is 0. The molecule has 0 unspecified atom stereocenters. The second-order valence-electron chi connectivity index (χ2n) is 29.5. The van der Waals surface area contributed by atoms with Crippen LogP contribution < -0.4 is 0 Å². The molecular weight excluding hydrogens is 1420 g/mol. The summed E-state index contributed by atoms with van der Waals surface area (Å²) in [4.78, 5) is 46.8. The summed E-state index contributed by atoms with van der Waals surface area (Å²) in [5, 5.41) is 16.2. The quantitative estimate of drug-likeness (QED) is 0.122. The lowest BCUT2D eigenvalue weighted by atomic mass is 9.95. The number of fused-ring (bicyclic) bond motifs is 20. The Balaban J connectivity index is 0.656. The van der Waals surface area contributed by atoms with E-state index in [9.17, 15) is 0 Å². The predicted molar refractivity (Wildman–Crippen MR) is 469 cm³/mol. The molecule has 538 valence electrons. The first kappa shape index (κ1) is 64.8. The Labute approximate surface area is 661 Å². The molecule has 24 rings (SSSR count). The van der Waals surface area contributed by atoms with Crippen LogP contribution in [0.3, 0.4) is 0 Å². The van der Waals surface area contributed by atoms with E-state index in [1.165, 1.54) is 0 Å². The largest absolute Gasteiger partial charge is 0.452 e. The molecule has 0 aliphatic carbocycles. The van der Waals surface area contributed by atoms with Crippen LogP contribution in [0.25, 0.3) is 244 Å². The van der Waals surface area contributed by atoms with Crippen molar-refractivity contribution in [1.82, 2.24) is 54.0 Å². The third-order valence-electron chi connectivity index (χ3n) is 23.1. The molecule has 11 aromatic heterocycles. The van der Waals surface area contributed by atoms with Crippen molar-refractivity contribution in [3.63, 3.8) is 0 Å². The van der Waals surface area contributed by atoms with Crippen LogP contribution in [0.4, 0.5) is 0 Å². The minimum absolute atomic E-state index is 0.454. The van der Waals surface area contributed by atoms with E-state index in [2.05, 4.69) is 269 Å². The summed E-state index contributed by atoms with van der Waals surface area (Å²) < 4.78 is 18.7. The van der Waals surface area contributed by atoms with E-state index in [0.717, 1.165) is 198 Å². The Morgan fingerprint density at radius 2 is 0.629 bits per heavy atom. The molecule has 13 heteroatoms. The van der Waals surface area contributed by atoms with Gasteiger partial charge < -0.3 is 8.83 Å². The molecule has 0 saturated carbocycles. The molecule has 0 saturated heterocycles. The van der Waals surface area contributed by atoms with Crippen molar-refractivity contribution in [2.45, 2.75) is 0 Å². The topological polar surface area (TPSA) is 152 Å². The van der Waals surface area contributed by atoms with Crippen LogP contribution in [0, 0.1) is 0 Å². The van der Waals surface area contributed by atoms with Crippen molar-refractivity contribution in [3.05, 3.63) is 359 Å². The maximum atomic E-state index is 7.18. The summed E-state index contributed by atoms with van der Waals surface area (Å²) in [6, 6.07) is 113. The van der Waals surface area contributed by atoms with Gasteiger partial charge in [0.05, 0.1) is 55.9 Å². The highest BCUT2D eigenvalue weighted by molar-refractivity contribution is 6.30. The summed E-state index contributed by atoms with van der Waals surface area (Å²) in [5.74, 6) is 1.00. The minimum atomic E-state index is 0.454. The van der Waals surface area contributed by atoms with Crippen LogP contribution in [-0.2, 0) is 0 Å². The van der Waals surface area contributed by atoms with Crippen LogP contribution in [0.2, 0.25) is 0 Å². The van der Waals surface area contributed by atoms with E-state index in [4.69, 9.17) is 48.7 Å². The molecule has 13 nitrogen and oxygen atoms in total. The number of benzene rings is 13. The third kappa shape index (κ3) is 10.2. The number of aromatic nitrogens is 11. The molecule has 0 N–H and O–H groups in total. The van der Waals surface area contributed by atoms with Gasteiger partial charge >= 0.3 is 0 Å². The smallest absolute Gasteiger partial charge is 0.238 e. The van der Waals surface area contributed by atoms with Gasteiger partial charge in [0.15, 0.2) is 5.58 Å². The highest BCUT2D eigenvalue weighted by atomic mass is 16.3. The van der Waals surface area contributed by atoms with Gasteiger partial charge in [0, 0.05) is 103 Å². The molecule has 0 amide bonds. The van der Waals surface area contributed by atoms with Gasteiger partial charge in [-0.1, -0.05) is 206 Å². The van der Waals surface area contributed by atoms with Crippen LogP contribution in [0.15, 0.2) is 368 Å². The minimum Gasteiger partial charge on any atom is -0.452 e. The lowest BCUT2D eigenvalue weighted by molar-refractivity contribution is 0.651. The van der Waals surface area contributed by atoms with E-state index < -0.39 is 0 Å². The first-order chi connectivity index (χ1) is 57.5. The maximum absolute atomic E-state index is 7.18. The van der Waals surface area contributed by atoms with Gasteiger partial charge in [0.1, 0.15) is 22.4 Å². The monoisotopic (exact) mass is 1480 g/mol. The number of rotatable bonds is 11. The average molecular weight is 1480 g/mol. The van der Waals surface area contributed by atoms with Gasteiger partial charge in [-0.05, 0) is 192 Å². The third-order valence-corrected chi connectivity index (χ3v) is 23.1. The van der Waals surface area contributed by atoms with E-state index in [0.29, 0.717) is 45.6 Å². The summed E-state index contributed by atoms with van der Waals surface area (Å²) in [6.07, 6.45) is 11.0. The SMILES string of the molecule is c1ccc(-c2cc3oc4c(-c5ccc(-c6ccncc6)cc5)nc(-n5c6ccc7ccccc7c6c6c7ccccc7ccc65)nc4c3cc2-c2cc(-c3cccc(-c4ccc(-c5nc(-n6c7ccc8ccccc8c7c7c8ccccc8ccc76)nc6oc7cc(-c8ccccn8)c(-c8ccccn8)cc7c56)cc4)c3)ccn2)nc1. The molecule has 11 heterocycles. The van der Waals surface area contributed by atoms with Crippen LogP contribution in [0.1, 0.15) is 0 Å². The van der Waals surface area contributed by atoms with Gasteiger partial charge in [-0.3, -0.25) is 34.1 Å². The van der Waals surface area contributed by atoms with Crippen molar-refractivity contribution in [3.8, 4) is 113 Å². The molecule has 0 bridgehead atoms.